The van der Waals surface area contributed by atoms with Crippen LogP contribution in [0.4, 0.5) is 10.5 Å². The number of nitrogens with one attached hydrogen (secondary N) is 1. The molecular weight excluding hydrogens is 244 g/mol. The summed E-state index contributed by atoms with van der Waals surface area (Å²) >= 11 is 0. The second kappa shape index (κ2) is 6.99. The Hall–Kier alpha value is -1.75. The second-order valence-electron chi connectivity index (χ2n) is 4.50. The molecule has 0 aliphatic heterocycles. The lowest BCUT2D eigenvalue weighted by molar-refractivity contribution is 0.125. The zero-order chi connectivity index (χ0) is 14.3. The summed E-state index contributed by atoms with van der Waals surface area (Å²) in [7, 11) is 1.59. The van der Waals surface area contributed by atoms with Crippen LogP contribution in [0.1, 0.15) is 26.7 Å². The van der Waals surface area contributed by atoms with Crippen molar-refractivity contribution in [1.82, 2.24) is 0 Å². The number of benzene rings is 1. The summed E-state index contributed by atoms with van der Waals surface area (Å²) in [4.78, 5) is 11.6. The third kappa shape index (κ3) is 4.79. The molecule has 0 aliphatic rings. The number of hydrogen-bond donors (Lipinski definition) is 2. The molecule has 0 atom stereocenters. The zero-order valence-corrected chi connectivity index (χ0v) is 11.7. The minimum Gasteiger partial charge on any atom is -0.497 e. The number of ether oxygens (including phenoxy) is 2. The Labute approximate surface area is 114 Å². The Balaban J connectivity index is 2.46. The van der Waals surface area contributed by atoms with Gasteiger partial charge in [-0.25, -0.2) is 4.79 Å². The maximum Gasteiger partial charge on any atom is 0.411 e. The Morgan fingerprint density at radius 1 is 1.26 bits per heavy atom. The van der Waals surface area contributed by atoms with Crippen LogP contribution in [-0.2, 0) is 4.74 Å². The largest absolute Gasteiger partial charge is 0.497 e. The second-order valence-corrected chi connectivity index (χ2v) is 4.50. The monoisotopic (exact) mass is 266 g/mol. The topological polar surface area (TPSA) is 73.6 Å². The number of carbonyl (C=O) groups excluding carboxylic acids is 1. The molecule has 106 valence electrons. The van der Waals surface area contributed by atoms with Crippen LogP contribution < -0.4 is 15.8 Å². The molecule has 0 spiro atoms. The molecular formula is C14H22N2O3. The molecule has 0 radical (unpaired) electrons. The van der Waals surface area contributed by atoms with Crippen molar-refractivity contribution in [3.63, 3.8) is 0 Å². The highest BCUT2D eigenvalue weighted by atomic mass is 16.5. The third-order valence-corrected chi connectivity index (χ3v) is 3.24. The first kappa shape index (κ1) is 15.3. The van der Waals surface area contributed by atoms with Gasteiger partial charge in [-0.2, -0.15) is 0 Å². The van der Waals surface area contributed by atoms with E-state index in [1.807, 2.05) is 13.8 Å². The summed E-state index contributed by atoms with van der Waals surface area (Å²) in [5.41, 5.74) is 6.26. The normalized spacial score (nSPS) is 10.9. The lowest BCUT2D eigenvalue weighted by atomic mass is 9.96. The van der Waals surface area contributed by atoms with E-state index >= 15 is 0 Å². The molecule has 1 aromatic carbocycles. The van der Waals surface area contributed by atoms with Gasteiger partial charge < -0.3 is 15.2 Å². The van der Waals surface area contributed by atoms with Crippen molar-refractivity contribution in [1.29, 1.82) is 0 Å². The van der Waals surface area contributed by atoms with Crippen LogP contribution in [0.2, 0.25) is 0 Å². The maximum absolute atomic E-state index is 11.6. The van der Waals surface area contributed by atoms with Gasteiger partial charge in [-0.15, -0.1) is 0 Å². The quantitative estimate of drug-likeness (QED) is 0.830. The van der Waals surface area contributed by atoms with Gasteiger partial charge in [0.05, 0.1) is 7.11 Å². The highest BCUT2D eigenvalue weighted by Gasteiger charge is 2.22. The highest BCUT2D eigenvalue weighted by Crippen LogP contribution is 2.16. The molecule has 1 rings (SSSR count). The predicted octanol–water partition coefficient (Wildman–Crippen LogP) is 2.76. The summed E-state index contributed by atoms with van der Waals surface area (Å²) < 4.78 is 10.2. The van der Waals surface area contributed by atoms with Gasteiger partial charge in [-0.05, 0) is 37.1 Å². The van der Waals surface area contributed by atoms with Gasteiger partial charge in [0.2, 0.25) is 0 Å². The Kier molecular flexibility index (Phi) is 5.63. The summed E-state index contributed by atoms with van der Waals surface area (Å²) in [6, 6.07) is 7.02. The molecule has 1 amide bonds. The van der Waals surface area contributed by atoms with Crippen LogP contribution >= 0.6 is 0 Å². The van der Waals surface area contributed by atoms with Gasteiger partial charge in [0, 0.05) is 11.2 Å². The van der Waals surface area contributed by atoms with Crippen LogP contribution in [0.25, 0.3) is 0 Å². The van der Waals surface area contributed by atoms with E-state index in [4.69, 9.17) is 15.2 Å². The van der Waals surface area contributed by atoms with Crippen molar-refractivity contribution < 1.29 is 14.3 Å². The van der Waals surface area contributed by atoms with Crippen LogP contribution in [0.15, 0.2) is 24.3 Å². The van der Waals surface area contributed by atoms with E-state index < -0.39 is 11.6 Å². The van der Waals surface area contributed by atoms with Crippen LogP contribution in [0, 0.1) is 0 Å². The minimum atomic E-state index is -0.498. The fraction of sp³-hybridized carbons (Fsp3) is 0.500. The molecule has 0 unspecified atom stereocenters. The summed E-state index contributed by atoms with van der Waals surface area (Å²) in [5.74, 6) is 0.733. The van der Waals surface area contributed by atoms with E-state index in [2.05, 4.69) is 5.32 Å². The molecule has 3 N–H and O–H groups in total. The smallest absolute Gasteiger partial charge is 0.411 e. The van der Waals surface area contributed by atoms with E-state index in [-0.39, 0.29) is 6.61 Å². The van der Waals surface area contributed by atoms with Crippen molar-refractivity contribution in [3.05, 3.63) is 24.3 Å². The summed E-state index contributed by atoms with van der Waals surface area (Å²) in [6.45, 7) is 4.17. The van der Waals surface area contributed by atoms with Gasteiger partial charge in [0.1, 0.15) is 12.4 Å². The summed E-state index contributed by atoms with van der Waals surface area (Å²) in [5, 5.41) is 2.64. The molecule has 1 aromatic rings. The first-order valence-electron chi connectivity index (χ1n) is 6.39. The van der Waals surface area contributed by atoms with E-state index in [9.17, 15) is 4.79 Å². The molecule has 5 heteroatoms. The van der Waals surface area contributed by atoms with Crippen molar-refractivity contribution in [3.8, 4) is 5.75 Å². The van der Waals surface area contributed by atoms with Crippen molar-refractivity contribution in [2.45, 2.75) is 32.2 Å². The first-order chi connectivity index (χ1) is 9.03. The number of carbonyl (C=O) groups is 1. The van der Waals surface area contributed by atoms with Crippen molar-refractivity contribution in [2.24, 2.45) is 5.73 Å². The number of anilines is 1. The minimum absolute atomic E-state index is 0.210. The summed E-state index contributed by atoms with van der Waals surface area (Å²) in [6.07, 6.45) is 1.03. The van der Waals surface area contributed by atoms with E-state index in [0.29, 0.717) is 5.69 Å². The molecule has 0 heterocycles. The molecule has 0 saturated carbocycles. The first-order valence-corrected chi connectivity index (χ1v) is 6.39. The molecule has 0 aromatic heterocycles. The number of methoxy groups -OCH3 is 1. The molecule has 0 bridgehead atoms. The van der Waals surface area contributed by atoms with E-state index in [1.54, 1.807) is 31.4 Å². The van der Waals surface area contributed by atoms with Crippen molar-refractivity contribution >= 4 is 11.8 Å². The number of hydrogen-bond acceptors (Lipinski definition) is 4. The van der Waals surface area contributed by atoms with Crippen LogP contribution in [0.3, 0.4) is 0 Å². The fourth-order valence-electron chi connectivity index (χ4n) is 1.49. The standard InChI is InChI=1S/C14H22N2O3/c1-4-14(15,5-2)10-19-13(17)16-11-6-8-12(18-3)9-7-11/h6-9H,4-5,10,15H2,1-3H3,(H,16,17). The number of rotatable bonds is 6. The lowest BCUT2D eigenvalue weighted by Gasteiger charge is -2.25. The lowest BCUT2D eigenvalue weighted by Crippen LogP contribution is -2.44. The molecule has 0 aliphatic carbocycles. The maximum atomic E-state index is 11.6. The van der Waals surface area contributed by atoms with Gasteiger partial charge >= 0.3 is 6.09 Å². The van der Waals surface area contributed by atoms with E-state index in [0.717, 1.165) is 18.6 Å². The Morgan fingerprint density at radius 3 is 2.32 bits per heavy atom. The molecule has 0 saturated heterocycles. The number of nitrogens with two attached hydrogens (primary N) is 1. The molecule has 0 fully saturated rings. The van der Waals surface area contributed by atoms with Gasteiger partial charge in [-0.1, -0.05) is 13.8 Å². The van der Waals surface area contributed by atoms with E-state index in [1.165, 1.54) is 0 Å². The average Bonchev–Trinajstić information content (AvgIpc) is 2.45. The SMILES string of the molecule is CCC(N)(CC)COC(=O)Nc1ccc(OC)cc1. The Bertz CT molecular complexity index is 400. The predicted molar refractivity (Wildman–Crippen MR) is 75.5 cm³/mol. The zero-order valence-electron chi connectivity index (χ0n) is 11.7. The number of amides is 1. The average molecular weight is 266 g/mol. The molecule has 19 heavy (non-hydrogen) atoms. The highest BCUT2D eigenvalue weighted by molar-refractivity contribution is 5.84. The van der Waals surface area contributed by atoms with Crippen LogP contribution in [0.5, 0.6) is 5.75 Å². The van der Waals surface area contributed by atoms with Crippen molar-refractivity contribution in [2.75, 3.05) is 19.0 Å². The van der Waals surface area contributed by atoms with Gasteiger partial charge in [-0.3, -0.25) is 5.32 Å². The Morgan fingerprint density at radius 2 is 1.84 bits per heavy atom. The fourth-order valence-corrected chi connectivity index (χ4v) is 1.49. The molecule has 5 nitrogen and oxygen atoms in total. The van der Waals surface area contributed by atoms with Gasteiger partial charge in [0.15, 0.2) is 0 Å². The van der Waals surface area contributed by atoms with Gasteiger partial charge in [0.25, 0.3) is 0 Å². The van der Waals surface area contributed by atoms with Crippen LogP contribution in [-0.4, -0.2) is 25.3 Å². The third-order valence-electron chi connectivity index (χ3n) is 3.24.